The number of benzene rings is 1. The minimum absolute atomic E-state index is 0. The van der Waals surface area contributed by atoms with Crippen LogP contribution in [-0.2, 0) is 4.79 Å². The number of hydrogen-bond acceptors (Lipinski definition) is 2. The highest BCUT2D eigenvalue weighted by Gasteiger charge is 2.22. The molecule has 5 nitrogen and oxygen atoms in total. The quantitative estimate of drug-likeness (QED) is 0.298. The number of amides is 1. The number of rotatable bonds is 4. The van der Waals surface area contributed by atoms with Crippen LogP contribution in [0.1, 0.15) is 12.8 Å². The number of hydrogen-bond donors (Lipinski definition) is 3. The van der Waals surface area contributed by atoms with Crippen LogP contribution in [0.4, 0.5) is 18.9 Å². The van der Waals surface area contributed by atoms with E-state index in [1.807, 2.05) is 0 Å². The van der Waals surface area contributed by atoms with Crippen LogP contribution in [0.25, 0.3) is 0 Å². The first-order valence-electron chi connectivity index (χ1n) is 6.41. The van der Waals surface area contributed by atoms with Crippen LogP contribution in [0.5, 0.6) is 0 Å². The van der Waals surface area contributed by atoms with Crippen LogP contribution in [0, 0.1) is 17.5 Å². The van der Waals surface area contributed by atoms with Crippen LogP contribution in [0.15, 0.2) is 17.1 Å². The average molecular weight is 428 g/mol. The van der Waals surface area contributed by atoms with Crippen molar-refractivity contribution in [2.45, 2.75) is 18.9 Å². The highest BCUT2D eigenvalue weighted by molar-refractivity contribution is 14.0. The molecule has 0 radical (unpaired) electrons. The number of halogens is 4. The first kappa shape index (κ1) is 18.5. The Morgan fingerprint density at radius 2 is 1.95 bits per heavy atom. The SMILES string of the molecule is CN=C(NCC(=O)Nc1ccc(F)c(F)c1F)NC1CC1.I. The van der Waals surface area contributed by atoms with Crippen molar-refractivity contribution in [2.24, 2.45) is 4.99 Å². The van der Waals surface area contributed by atoms with Crippen LogP contribution >= 0.6 is 24.0 Å². The third-order valence-electron chi connectivity index (χ3n) is 2.87. The van der Waals surface area contributed by atoms with Gasteiger partial charge < -0.3 is 16.0 Å². The van der Waals surface area contributed by atoms with Gasteiger partial charge in [-0.25, -0.2) is 13.2 Å². The number of guanidine groups is 1. The number of aliphatic imine (C=N–C) groups is 1. The molecular formula is C13H16F3IN4O. The van der Waals surface area contributed by atoms with Crippen molar-refractivity contribution < 1.29 is 18.0 Å². The Hall–Kier alpha value is -1.52. The summed E-state index contributed by atoms with van der Waals surface area (Å²) in [5.41, 5.74) is -0.411. The lowest BCUT2D eigenvalue weighted by Crippen LogP contribution is -2.42. The van der Waals surface area contributed by atoms with E-state index in [0.717, 1.165) is 25.0 Å². The summed E-state index contributed by atoms with van der Waals surface area (Å²) >= 11 is 0. The minimum atomic E-state index is -1.62. The highest BCUT2D eigenvalue weighted by atomic mass is 127. The van der Waals surface area contributed by atoms with Gasteiger partial charge in [-0.15, -0.1) is 24.0 Å². The maximum absolute atomic E-state index is 13.4. The van der Waals surface area contributed by atoms with Crippen molar-refractivity contribution in [1.82, 2.24) is 10.6 Å². The first-order chi connectivity index (χ1) is 10.0. The normalized spacial score (nSPS) is 14.1. The number of carbonyl (C=O) groups excluding carboxylic acids is 1. The summed E-state index contributed by atoms with van der Waals surface area (Å²) in [6, 6.07) is 2.07. The Bertz CT molecular complexity index is 579. The molecular weight excluding hydrogens is 412 g/mol. The first-order valence-corrected chi connectivity index (χ1v) is 6.41. The van der Waals surface area contributed by atoms with E-state index in [1.54, 1.807) is 7.05 Å². The lowest BCUT2D eigenvalue weighted by molar-refractivity contribution is -0.115. The summed E-state index contributed by atoms with van der Waals surface area (Å²) in [6.07, 6.45) is 2.10. The van der Waals surface area contributed by atoms with Crippen molar-refractivity contribution >= 4 is 41.5 Å². The van der Waals surface area contributed by atoms with E-state index in [1.165, 1.54) is 0 Å². The molecule has 1 fully saturated rings. The Balaban J connectivity index is 0.00000242. The van der Waals surface area contributed by atoms with Crippen molar-refractivity contribution in [3.05, 3.63) is 29.6 Å². The second-order valence-electron chi connectivity index (χ2n) is 4.62. The zero-order valence-corrected chi connectivity index (χ0v) is 14.1. The van der Waals surface area contributed by atoms with E-state index in [0.29, 0.717) is 12.0 Å². The fourth-order valence-electron chi connectivity index (χ4n) is 1.60. The monoisotopic (exact) mass is 428 g/mol. The molecule has 122 valence electrons. The Morgan fingerprint density at radius 3 is 2.55 bits per heavy atom. The molecule has 0 aromatic heterocycles. The molecule has 2 rings (SSSR count). The second-order valence-corrected chi connectivity index (χ2v) is 4.62. The van der Waals surface area contributed by atoms with Gasteiger partial charge in [-0.3, -0.25) is 9.79 Å². The molecule has 0 spiro atoms. The molecule has 1 aromatic rings. The maximum Gasteiger partial charge on any atom is 0.243 e. The predicted molar refractivity (Wildman–Crippen MR) is 87.9 cm³/mol. The van der Waals surface area contributed by atoms with Gasteiger partial charge in [0.05, 0.1) is 12.2 Å². The maximum atomic E-state index is 13.4. The van der Waals surface area contributed by atoms with Gasteiger partial charge in [0, 0.05) is 13.1 Å². The van der Waals surface area contributed by atoms with Gasteiger partial charge in [-0.1, -0.05) is 0 Å². The Morgan fingerprint density at radius 1 is 1.27 bits per heavy atom. The number of nitrogens with zero attached hydrogens (tertiary/aromatic N) is 1. The second kappa shape index (κ2) is 8.20. The zero-order valence-electron chi connectivity index (χ0n) is 11.8. The number of carbonyl (C=O) groups is 1. The standard InChI is InChI=1S/C13H15F3N4O.HI/c1-17-13(19-7-2-3-7)18-6-10(21)20-9-5-4-8(14)11(15)12(9)16;/h4-5,7H,2-3,6H2,1H3,(H,20,21)(H2,17,18,19);1H. The molecule has 1 saturated carbocycles. The van der Waals surface area contributed by atoms with Crippen LogP contribution in [0.2, 0.25) is 0 Å². The van der Waals surface area contributed by atoms with E-state index in [-0.39, 0.29) is 30.5 Å². The van der Waals surface area contributed by atoms with Gasteiger partial charge in [0.2, 0.25) is 5.91 Å². The summed E-state index contributed by atoms with van der Waals surface area (Å²) < 4.78 is 39.2. The van der Waals surface area contributed by atoms with Crippen LogP contribution < -0.4 is 16.0 Å². The molecule has 0 aliphatic heterocycles. The smallest absolute Gasteiger partial charge is 0.243 e. The summed E-state index contributed by atoms with van der Waals surface area (Å²) in [4.78, 5) is 15.6. The van der Waals surface area contributed by atoms with Gasteiger partial charge in [-0.05, 0) is 25.0 Å². The predicted octanol–water partition coefficient (Wildman–Crippen LogP) is 1.99. The van der Waals surface area contributed by atoms with Crippen molar-refractivity contribution in [3.63, 3.8) is 0 Å². The molecule has 1 amide bonds. The third kappa shape index (κ3) is 5.04. The molecule has 0 heterocycles. The third-order valence-corrected chi connectivity index (χ3v) is 2.87. The molecule has 3 N–H and O–H groups in total. The van der Waals surface area contributed by atoms with Gasteiger partial charge in [-0.2, -0.15) is 0 Å². The highest BCUT2D eigenvalue weighted by Crippen LogP contribution is 2.19. The van der Waals surface area contributed by atoms with Crippen molar-refractivity contribution in [1.29, 1.82) is 0 Å². The fourth-order valence-corrected chi connectivity index (χ4v) is 1.60. The van der Waals surface area contributed by atoms with Gasteiger partial charge in [0.1, 0.15) is 0 Å². The summed E-state index contributed by atoms with van der Waals surface area (Å²) in [5.74, 6) is -4.49. The van der Waals surface area contributed by atoms with E-state index in [4.69, 9.17) is 0 Å². The Labute approximate surface area is 142 Å². The van der Waals surface area contributed by atoms with E-state index in [9.17, 15) is 18.0 Å². The zero-order chi connectivity index (χ0) is 15.4. The Kier molecular flexibility index (Phi) is 6.91. The average Bonchev–Trinajstić information content (AvgIpc) is 3.28. The van der Waals surface area contributed by atoms with Crippen molar-refractivity contribution in [3.8, 4) is 0 Å². The molecule has 0 unspecified atom stereocenters. The number of nitrogens with one attached hydrogen (secondary N) is 3. The largest absolute Gasteiger partial charge is 0.354 e. The van der Waals surface area contributed by atoms with E-state index >= 15 is 0 Å². The molecule has 1 aromatic carbocycles. The summed E-state index contributed by atoms with van der Waals surface area (Å²) in [5, 5.41) is 7.97. The molecule has 0 bridgehead atoms. The lowest BCUT2D eigenvalue weighted by Gasteiger charge is -2.11. The van der Waals surface area contributed by atoms with Gasteiger partial charge >= 0.3 is 0 Å². The van der Waals surface area contributed by atoms with E-state index < -0.39 is 29.0 Å². The molecule has 0 saturated heterocycles. The fraction of sp³-hybridized carbons (Fsp3) is 0.385. The molecule has 9 heteroatoms. The molecule has 1 aliphatic carbocycles. The molecule has 1 aliphatic rings. The topological polar surface area (TPSA) is 65.5 Å². The van der Waals surface area contributed by atoms with Crippen molar-refractivity contribution in [2.75, 3.05) is 18.9 Å². The molecule has 22 heavy (non-hydrogen) atoms. The lowest BCUT2D eigenvalue weighted by atomic mass is 10.2. The summed E-state index contributed by atoms with van der Waals surface area (Å²) in [6.45, 7) is -0.176. The van der Waals surface area contributed by atoms with Crippen LogP contribution in [-0.4, -0.2) is 31.5 Å². The van der Waals surface area contributed by atoms with Gasteiger partial charge in [0.25, 0.3) is 0 Å². The summed E-state index contributed by atoms with van der Waals surface area (Å²) in [7, 11) is 1.56. The minimum Gasteiger partial charge on any atom is -0.354 e. The number of anilines is 1. The van der Waals surface area contributed by atoms with E-state index in [2.05, 4.69) is 20.9 Å². The molecule has 0 atom stereocenters. The van der Waals surface area contributed by atoms with Gasteiger partial charge in [0.15, 0.2) is 23.4 Å². The van der Waals surface area contributed by atoms with Crippen LogP contribution in [0.3, 0.4) is 0 Å².